The molecule has 1 saturated carbocycles. The van der Waals surface area contributed by atoms with Crippen LogP contribution in [-0.2, 0) is 4.79 Å². The Morgan fingerprint density at radius 1 is 1.38 bits per heavy atom. The fourth-order valence-electron chi connectivity index (χ4n) is 3.12. The van der Waals surface area contributed by atoms with Gasteiger partial charge in [0.05, 0.1) is 0 Å². The molecule has 1 aromatic rings. The van der Waals surface area contributed by atoms with Gasteiger partial charge in [0, 0.05) is 12.5 Å². The van der Waals surface area contributed by atoms with E-state index in [2.05, 4.69) is 15.2 Å². The number of carboxylic acids is 1. The molecule has 1 aliphatic carbocycles. The Labute approximate surface area is 122 Å². The summed E-state index contributed by atoms with van der Waals surface area (Å²) in [5, 5.41) is 16.3. The van der Waals surface area contributed by atoms with Crippen molar-refractivity contribution < 1.29 is 14.7 Å². The summed E-state index contributed by atoms with van der Waals surface area (Å²) in [7, 11) is 0. The average Bonchev–Trinajstić information content (AvgIpc) is 3.14. The fraction of sp³-hybridized carbons (Fsp3) is 0.714. The molecule has 2 fully saturated rings. The van der Waals surface area contributed by atoms with Gasteiger partial charge in [0.25, 0.3) is 5.91 Å². The van der Waals surface area contributed by atoms with E-state index in [1.807, 2.05) is 13.8 Å². The summed E-state index contributed by atoms with van der Waals surface area (Å²) in [4.78, 5) is 29.8. The maximum atomic E-state index is 12.6. The minimum absolute atomic E-state index is 0.0841. The van der Waals surface area contributed by atoms with Crippen LogP contribution in [0.4, 0.5) is 0 Å². The summed E-state index contributed by atoms with van der Waals surface area (Å²) in [5.41, 5.74) is -0.449. The van der Waals surface area contributed by atoms with Gasteiger partial charge in [0.2, 0.25) is 5.82 Å². The number of nitrogens with zero attached hydrogens (tertiary/aromatic N) is 3. The molecule has 2 heterocycles. The Balaban J connectivity index is 1.85. The third-order valence-electron chi connectivity index (χ3n) is 4.42. The number of nitrogens with one attached hydrogen (secondary N) is 1. The van der Waals surface area contributed by atoms with Crippen LogP contribution in [0.2, 0.25) is 0 Å². The van der Waals surface area contributed by atoms with Gasteiger partial charge in [-0.25, -0.2) is 9.78 Å². The number of aliphatic carboxylic acids is 1. The lowest BCUT2D eigenvalue weighted by molar-refractivity contribution is -0.148. The molecule has 1 saturated heterocycles. The van der Waals surface area contributed by atoms with Crippen molar-refractivity contribution in [3.63, 3.8) is 0 Å². The van der Waals surface area contributed by atoms with E-state index in [0.717, 1.165) is 31.5 Å². The molecule has 0 radical (unpaired) electrons. The standard InChI is InChI=1S/C14H20N4O3/c1-14(2)6-3-7-18(9(14)13(20)21)12(19)11-15-10(16-17-11)8-4-5-8/h8-9H,3-7H2,1-2H3,(H,20,21)(H,15,16,17). The molecule has 0 spiro atoms. The number of carbonyl (C=O) groups is 2. The van der Waals surface area contributed by atoms with E-state index in [9.17, 15) is 14.7 Å². The van der Waals surface area contributed by atoms with Crippen LogP contribution < -0.4 is 0 Å². The molecular weight excluding hydrogens is 272 g/mol. The van der Waals surface area contributed by atoms with E-state index in [4.69, 9.17) is 0 Å². The number of amides is 1. The number of carboxylic acid groups (broad SMARTS) is 1. The normalized spacial score (nSPS) is 24.9. The Kier molecular flexibility index (Phi) is 3.22. The second-order valence-corrected chi connectivity index (χ2v) is 6.65. The Morgan fingerprint density at radius 2 is 2.10 bits per heavy atom. The van der Waals surface area contributed by atoms with Gasteiger partial charge in [0.15, 0.2) is 0 Å². The van der Waals surface area contributed by atoms with E-state index in [1.54, 1.807) is 0 Å². The summed E-state index contributed by atoms with van der Waals surface area (Å²) in [6, 6.07) is -0.832. The monoisotopic (exact) mass is 292 g/mol. The molecular formula is C14H20N4O3. The molecule has 0 aromatic carbocycles. The summed E-state index contributed by atoms with van der Waals surface area (Å²) in [6.07, 6.45) is 3.71. The number of hydrogen-bond acceptors (Lipinski definition) is 4. The van der Waals surface area contributed by atoms with Crippen LogP contribution in [0.1, 0.15) is 61.9 Å². The largest absolute Gasteiger partial charge is 0.480 e. The van der Waals surface area contributed by atoms with Crippen LogP contribution >= 0.6 is 0 Å². The van der Waals surface area contributed by atoms with Crippen LogP contribution in [0, 0.1) is 5.41 Å². The number of piperidine rings is 1. The Morgan fingerprint density at radius 3 is 2.71 bits per heavy atom. The summed E-state index contributed by atoms with van der Waals surface area (Å²) in [5.74, 6) is -0.154. The number of rotatable bonds is 3. The zero-order valence-corrected chi connectivity index (χ0v) is 12.3. The van der Waals surface area contributed by atoms with Gasteiger partial charge in [-0.1, -0.05) is 13.8 Å². The number of carbonyl (C=O) groups excluding carboxylic acids is 1. The zero-order chi connectivity index (χ0) is 15.2. The van der Waals surface area contributed by atoms with Gasteiger partial charge in [-0.3, -0.25) is 9.89 Å². The number of aromatic amines is 1. The lowest BCUT2D eigenvalue weighted by Crippen LogP contribution is -2.56. The maximum absolute atomic E-state index is 12.6. The quantitative estimate of drug-likeness (QED) is 0.877. The van der Waals surface area contributed by atoms with Crippen LogP contribution in [0.3, 0.4) is 0 Å². The van der Waals surface area contributed by atoms with Crippen molar-refractivity contribution >= 4 is 11.9 Å². The SMILES string of the molecule is CC1(C)CCCN(C(=O)c2n[nH]c(C3CC3)n2)C1C(=O)O. The van der Waals surface area contributed by atoms with Gasteiger partial charge >= 0.3 is 5.97 Å². The van der Waals surface area contributed by atoms with Crippen LogP contribution in [0.25, 0.3) is 0 Å². The first-order valence-corrected chi connectivity index (χ1v) is 7.36. The van der Waals surface area contributed by atoms with Gasteiger partial charge in [0.1, 0.15) is 11.9 Å². The molecule has 2 aliphatic rings. The minimum atomic E-state index is -0.967. The summed E-state index contributed by atoms with van der Waals surface area (Å²) >= 11 is 0. The van der Waals surface area contributed by atoms with Crippen molar-refractivity contribution in [1.29, 1.82) is 0 Å². The highest BCUT2D eigenvalue weighted by Gasteiger charge is 2.45. The molecule has 1 amide bonds. The van der Waals surface area contributed by atoms with E-state index in [1.165, 1.54) is 4.90 Å². The second-order valence-electron chi connectivity index (χ2n) is 6.65. The lowest BCUT2D eigenvalue weighted by atomic mass is 9.76. The van der Waals surface area contributed by atoms with Crippen molar-refractivity contribution in [3.8, 4) is 0 Å². The highest BCUT2D eigenvalue weighted by molar-refractivity contribution is 5.94. The first-order chi connectivity index (χ1) is 9.90. The summed E-state index contributed by atoms with van der Waals surface area (Å²) < 4.78 is 0. The first kappa shape index (κ1) is 14.0. The average molecular weight is 292 g/mol. The molecule has 21 heavy (non-hydrogen) atoms. The molecule has 1 aliphatic heterocycles. The highest BCUT2D eigenvalue weighted by Crippen LogP contribution is 2.38. The Hall–Kier alpha value is -1.92. The first-order valence-electron chi connectivity index (χ1n) is 7.36. The second kappa shape index (κ2) is 4.82. The predicted molar refractivity (Wildman–Crippen MR) is 73.8 cm³/mol. The van der Waals surface area contributed by atoms with Crippen molar-refractivity contribution in [3.05, 3.63) is 11.6 Å². The van der Waals surface area contributed by atoms with Gasteiger partial charge < -0.3 is 10.0 Å². The predicted octanol–water partition coefficient (Wildman–Crippen LogP) is 1.40. The van der Waals surface area contributed by atoms with E-state index in [0.29, 0.717) is 12.5 Å². The molecule has 0 bridgehead atoms. The van der Waals surface area contributed by atoms with E-state index < -0.39 is 23.3 Å². The third kappa shape index (κ3) is 2.52. The topological polar surface area (TPSA) is 99.2 Å². The fourth-order valence-corrected chi connectivity index (χ4v) is 3.12. The zero-order valence-electron chi connectivity index (χ0n) is 12.3. The highest BCUT2D eigenvalue weighted by atomic mass is 16.4. The number of H-pyrrole nitrogens is 1. The van der Waals surface area contributed by atoms with Gasteiger partial charge in [-0.15, -0.1) is 5.10 Å². The number of aromatic nitrogens is 3. The van der Waals surface area contributed by atoms with Crippen LogP contribution in [-0.4, -0.2) is 49.7 Å². The molecule has 7 nitrogen and oxygen atoms in total. The minimum Gasteiger partial charge on any atom is -0.480 e. The maximum Gasteiger partial charge on any atom is 0.326 e. The van der Waals surface area contributed by atoms with E-state index in [-0.39, 0.29) is 5.82 Å². The van der Waals surface area contributed by atoms with E-state index >= 15 is 0 Å². The van der Waals surface area contributed by atoms with Crippen molar-refractivity contribution in [2.75, 3.05) is 6.54 Å². The van der Waals surface area contributed by atoms with Crippen molar-refractivity contribution in [1.82, 2.24) is 20.1 Å². The Bertz CT molecular complexity index is 577. The number of likely N-dealkylation sites (tertiary alicyclic amines) is 1. The molecule has 114 valence electrons. The summed E-state index contributed by atoms with van der Waals surface area (Å²) in [6.45, 7) is 4.21. The van der Waals surface area contributed by atoms with Gasteiger partial charge in [-0.2, -0.15) is 0 Å². The molecule has 3 rings (SSSR count). The molecule has 1 atom stereocenters. The molecule has 2 N–H and O–H groups in total. The van der Waals surface area contributed by atoms with Crippen molar-refractivity contribution in [2.45, 2.75) is 51.5 Å². The van der Waals surface area contributed by atoms with Gasteiger partial charge in [-0.05, 0) is 31.1 Å². The third-order valence-corrected chi connectivity index (χ3v) is 4.42. The number of hydrogen-bond donors (Lipinski definition) is 2. The van der Waals surface area contributed by atoms with Crippen molar-refractivity contribution in [2.24, 2.45) is 5.41 Å². The van der Waals surface area contributed by atoms with Crippen LogP contribution in [0.15, 0.2) is 0 Å². The van der Waals surface area contributed by atoms with Crippen LogP contribution in [0.5, 0.6) is 0 Å². The smallest absolute Gasteiger partial charge is 0.326 e. The molecule has 1 aromatic heterocycles. The molecule has 1 unspecified atom stereocenters. The lowest BCUT2D eigenvalue weighted by Gasteiger charge is -2.43. The molecule has 7 heteroatoms.